The van der Waals surface area contributed by atoms with E-state index < -0.39 is 9.84 Å². The molecule has 0 saturated heterocycles. The molecule has 0 heterocycles. The summed E-state index contributed by atoms with van der Waals surface area (Å²) in [6.07, 6.45) is 1.63. The highest BCUT2D eigenvalue weighted by Gasteiger charge is 2.12. The third kappa shape index (κ3) is 3.49. The second-order valence-corrected chi connectivity index (χ2v) is 5.40. The smallest absolute Gasteiger partial charge is 0.156 e. The quantitative estimate of drug-likeness (QED) is 0.821. The Morgan fingerprint density at radius 1 is 1.33 bits per heavy atom. The van der Waals surface area contributed by atoms with Crippen molar-refractivity contribution in [3.8, 4) is 0 Å². The molecule has 15 heavy (non-hydrogen) atoms. The standard InChI is InChI=1S/C11H14O3S/c1-2-10-5-3-4-6-11(10)9-15(13,14)8-7-12/h2-6,12H,1,7-9H2. The van der Waals surface area contributed by atoms with Gasteiger partial charge in [-0.25, -0.2) is 8.42 Å². The van der Waals surface area contributed by atoms with E-state index in [1.165, 1.54) is 0 Å². The van der Waals surface area contributed by atoms with E-state index in [2.05, 4.69) is 6.58 Å². The molecule has 0 bridgehead atoms. The second-order valence-electron chi connectivity index (χ2n) is 3.22. The number of rotatable bonds is 5. The third-order valence-electron chi connectivity index (χ3n) is 2.05. The Hall–Kier alpha value is -1.13. The topological polar surface area (TPSA) is 54.4 Å². The van der Waals surface area contributed by atoms with Crippen molar-refractivity contribution in [2.45, 2.75) is 5.75 Å². The largest absolute Gasteiger partial charge is 0.395 e. The van der Waals surface area contributed by atoms with E-state index in [-0.39, 0.29) is 18.1 Å². The molecule has 0 unspecified atom stereocenters. The Labute approximate surface area is 90.0 Å². The summed E-state index contributed by atoms with van der Waals surface area (Å²) in [7, 11) is -3.22. The van der Waals surface area contributed by atoms with Crippen LogP contribution in [0.2, 0.25) is 0 Å². The summed E-state index contributed by atoms with van der Waals surface area (Å²) in [6.45, 7) is 3.29. The highest BCUT2D eigenvalue weighted by atomic mass is 32.2. The number of hydrogen-bond acceptors (Lipinski definition) is 3. The molecule has 82 valence electrons. The zero-order chi connectivity index (χ0) is 11.3. The predicted octanol–water partition coefficient (Wildman–Crippen LogP) is 1.24. The Morgan fingerprint density at radius 2 is 2.00 bits per heavy atom. The molecule has 1 aromatic rings. The van der Waals surface area contributed by atoms with Gasteiger partial charge in [-0.2, -0.15) is 0 Å². The molecule has 1 aromatic carbocycles. The highest BCUT2D eigenvalue weighted by Crippen LogP contribution is 2.13. The van der Waals surface area contributed by atoms with Crippen molar-refractivity contribution < 1.29 is 13.5 Å². The van der Waals surface area contributed by atoms with Gasteiger partial charge in [-0.15, -0.1) is 0 Å². The van der Waals surface area contributed by atoms with Crippen LogP contribution in [0, 0.1) is 0 Å². The molecule has 3 nitrogen and oxygen atoms in total. The average molecular weight is 226 g/mol. The molecule has 0 aliphatic rings. The summed E-state index contributed by atoms with van der Waals surface area (Å²) in [5.74, 6) is -0.242. The molecule has 0 fully saturated rings. The molecule has 0 atom stereocenters. The first-order valence-electron chi connectivity index (χ1n) is 4.60. The fraction of sp³-hybridized carbons (Fsp3) is 0.273. The number of benzene rings is 1. The SMILES string of the molecule is C=Cc1ccccc1CS(=O)(=O)CCO. The molecule has 1 N–H and O–H groups in total. The van der Waals surface area contributed by atoms with Crippen molar-refractivity contribution in [3.05, 3.63) is 42.0 Å². The summed E-state index contributed by atoms with van der Waals surface area (Å²) in [4.78, 5) is 0. The maximum atomic E-state index is 11.5. The Morgan fingerprint density at radius 3 is 2.60 bits per heavy atom. The molecule has 0 aliphatic carbocycles. The van der Waals surface area contributed by atoms with Gasteiger partial charge in [0.05, 0.1) is 18.1 Å². The van der Waals surface area contributed by atoms with E-state index in [9.17, 15) is 8.42 Å². The van der Waals surface area contributed by atoms with E-state index in [1.807, 2.05) is 12.1 Å². The summed E-state index contributed by atoms with van der Waals surface area (Å²) < 4.78 is 22.9. The molecule has 0 amide bonds. The van der Waals surface area contributed by atoms with Gasteiger partial charge in [-0.1, -0.05) is 36.9 Å². The minimum absolute atomic E-state index is 0.0459. The van der Waals surface area contributed by atoms with Gasteiger partial charge >= 0.3 is 0 Å². The molecule has 0 aliphatic heterocycles. The molecule has 0 saturated carbocycles. The van der Waals surface area contributed by atoms with Crippen LogP contribution in [0.5, 0.6) is 0 Å². The van der Waals surface area contributed by atoms with E-state index in [0.717, 1.165) is 11.1 Å². The first-order chi connectivity index (χ1) is 7.09. The first kappa shape index (κ1) is 11.9. The van der Waals surface area contributed by atoms with Gasteiger partial charge in [0.1, 0.15) is 0 Å². The fourth-order valence-electron chi connectivity index (χ4n) is 1.31. The van der Waals surface area contributed by atoms with Crippen LogP contribution in [0.25, 0.3) is 6.08 Å². The van der Waals surface area contributed by atoms with Gasteiger partial charge in [-0.05, 0) is 11.1 Å². The molecule has 0 radical (unpaired) electrons. The zero-order valence-corrected chi connectivity index (χ0v) is 9.20. The van der Waals surface area contributed by atoms with Crippen LogP contribution in [-0.4, -0.2) is 25.9 Å². The Kier molecular flexibility index (Phi) is 4.05. The van der Waals surface area contributed by atoms with Gasteiger partial charge in [0.25, 0.3) is 0 Å². The lowest BCUT2D eigenvalue weighted by Gasteiger charge is -2.05. The normalized spacial score (nSPS) is 11.3. The molecular formula is C11H14O3S. The predicted molar refractivity (Wildman–Crippen MR) is 61.1 cm³/mol. The van der Waals surface area contributed by atoms with Crippen LogP contribution in [0.4, 0.5) is 0 Å². The van der Waals surface area contributed by atoms with Crippen molar-refractivity contribution in [2.75, 3.05) is 12.4 Å². The molecule has 0 aromatic heterocycles. The Balaban J connectivity index is 2.94. The summed E-state index contributed by atoms with van der Waals surface area (Å²) in [5.41, 5.74) is 1.54. The van der Waals surface area contributed by atoms with Gasteiger partial charge in [0.2, 0.25) is 0 Å². The molecule has 4 heteroatoms. The minimum atomic E-state index is -3.22. The lowest BCUT2D eigenvalue weighted by molar-refractivity contribution is 0.319. The van der Waals surface area contributed by atoms with Gasteiger partial charge < -0.3 is 5.11 Å². The zero-order valence-electron chi connectivity index (χ0n) is 8.39. The third-order valence-corrected chi connectivity index (χ3v) is 3.61. The van der Waals surface area contributed by atoms with Crippen LogP contribution in [0.15, 0.2) is 30.8 Å². The van der Waals surface area contributed by atoms with E-state index >= 15 is 0 Å². The van der Waals surface area contributed by atoms with Crippen molar-refractivity contribution in [2.24, 2.45) is 0 Å². The van der Waals surface area contributed by atoms with Crippen molar-refractivity contribution in [3.63, 3.8) is 0 Å². The molecular weight excluding hydrogens is 212 g/mol. The van der Waals surface area contributed by atoms with Crippen LogP contribution in [-0.2, 0) is 15.6 Å². The van der Waals surface area contributed by atoms with Crippen molar-refractivity contribution in [1.29, 1.82) is 0 Å². The van der Waals surface area contributed by atoms with Gasteiger partial charge in [0.15, 0.2) is 9.84 Å². The second kappa shape index (κ2) is 5.09. The highest BCUT2D eigenvalue weighted by molar-refractivity contribution is 7.90. The minimum Gasteiger partial charge on any atom is -0.395 e. The number of aliphatic hydroxyl groups is 1. The van der Waals surface area contributed by atoms with Crippen LogP contribution >= 0.6 is 0 Å². The van der Waals surface area contributed by atoms with Crippen LogP contribution in [0.3, 0.4) is 0 Å². The molecule has 0 spiro atoms. The van der Waals surface area contributed by atoms with E-state index in [4.69, 9.17) is 5.11 Å². The summed E-state index contributed by atoms with van der Waals surface area (Å²) >= 11 is 0. The summed E-state index contributed by atoms with van der Waals surface area (Å²) in [5, 5.41) is 8.61. The maximum Gasteiger partial charge on any atom is 0.156 e. The van der Waals surface area contributed by atoms with E-state index in [1.54, 1.807) is 18.2 Å². The lowest BCUT2D eigenvalue weighted by Crippen LogP contribution is -2.12. The first-order valence-corrected chi connectivity index (χ1v) is 6.43. The fourth-order valence-corrected chi connectivity index (χ4v) is 2.47. The molecule has 1 rings (SSSR count). The monoisotopic (exact) mass is 226 g/mol. The maximum absolute atomic E-state index is 11.5. The van der Waals surface area contributed by atoms with Crippen molar-refractivity contribution in [1.82, 2.24) is 0 Å². The van der Waals surface area contributed by atoms with Gasteiger partial charge in [-0.3, -0.25) is 0 Å². The lowest BCUT2D eigenvalue weighted by atomic mass is 10.1. The summed E-state index contributed by atoms with van der Waals surface area (Å²) in [6, 6.07) is 7.19. The van der Waals surface area contributed by atoms with Crippen LogP contribution < -0.4 is 0 Å². The number of hydrogen-bond donors (Lipinski definition) is 1. The number of aliphatic hydroxyl groups excluding tert-OH is 1. The van der Waals surface area contributed by atoms with Gasteiger partial charge in [0, 0.05) is 0 Å². The van der Waals surface area contributed by atoms with E-state index in [0.29, 0.717) is 0 Å². The average Bonchev–Trinajstić information content (AvgIpc) is 2.17. The van der Waals surface area contributed by atoms with Crippen molar-refractivity contribution >= 4 is 15.9 Å². The Bertz CT molecular complexity index is 435. The number of sulfone groups is 1. The van der Waals surface area contributed by atoms with Crippen LogP contribution in [0.1, 0.15) is 11.1 Å².